The van der Waals surface area contributed by atoms with Crippen LogP contribution in [0.2, 0.25) is 0 Å². The van der Waals surface area contributed by atoms with Crippen LogP contribution >= 0.6 is 11.3 Å². The van der Waals surface area contributed by atoms with E-state index in [-0.39, 0.29) is 11.8 Å². The van der Waals surface area contributed by atoms with E-state index in [9.17, 15) is 4.79 Å². The Kier molecular flexibility index (Phi) is 4.07. The van der Waals surface area contributed by atoms with E-state index in [1.54, 1.807) is 6.08 Å². The molecule has 122 valence electrons. The van der Waals surface area contributed by atoms with Gasteiger partial charge in [0.1, 0.15) is 0 Å². The molecule has 0 radical (unpaired) electrons. The van der Waals surface area contributed by atoms with Crippen LogP contribution in [-0.2, 0) is 4.79 Å². The Morgan fingerprint density at radius 1 is 1.29 bits per heavy atom. The highest BCUT2D eigenvalue weighted by Crippen LogP contribution is 2.44. The number of allylic oxidation sites excluding steroid dienone is 2. The van der Waals surface area contributed by atoms with Gasteiger partial charge in [-0.25, -0.2) is 4.98 Å². The van der Waals surface area contributed by atoms with Crippen molar-refractivity contribution in [1.29, 1.82) is 0 Å². The first-order chi connectivity index (χ1) is 11.8. The molecule has 2 aliphatic rings. The Bertz CT molecular complexity index is 780. The second-order valence-electron chi connectivity index (χ2n) is 6.51. The summed E-state index contributed by atoms with van der Waals surface area (Å²) in [4.78, 5) is 19.6. The van der Waals surface area contributed by atoms with Crippen LogP contribution in [0.1, 0.15) is 12.8 Å². The molecular weight excluding hydrogens is 316 g/mol. The average molecular weight is 336 g/mol. The lowest BCUT2D eigenvalue weighted by molar-refractivity contribution is -0.123. The third kappa shape index (κ3) is 2.71. The third-order valence-corrected chi connectivity index (χ3v) is 5.83. The minimum absolute atomic E-state index is 0.101. The maximum Gasteiger partial charge on any atom is 0.232 e. The Hall–Kier alpha value is -2.20. The average Bonchev–Trinajstić information content (AvgIpc) is 3.36. The summed E-state index contributed by atoms with van der Waals surface area (Å²) >= 11 is 1.53. The number of nitrogens with zero attached hydrogens (tertiary/aromatic N) is 2. The molecule has 2 bridgehead atoms. The van der Waals surface area contributed by atoms with Gasteiger partial charge in [0, 0.05) is 23.4 Å². The molecule has 1 fully saturated rings. The molecule has 4 heteroatoms. The van der Waals surface area contributed by atoms with E-state index in [0.29, 0.717) is 18.4 Å². The van der Waals surface area contributed by atoms with E-state index in [4.69, 9.17) is 4.98 Å². The Morgan fingerprint density at radius 3 is 2.79 bits per heavy atom. The molecule has 0 aliphatic heterocycles. The summed E-state index contributed by atoms with van der Waals surface area (Å²) in [6, 6.07) is 10.1. The molecule has 3 nitrogen and oxygen atoms in total. The molecule has 0 unspecified atom stereocenters. The van der Waals surface area contributed by atoms with E-state index < -0.39 is 0 Å². The SMILES string of the molecule is C=CCN(C(=O)[C@@H]1C[C@H]2C=C[C@H]1C2)c1nc(-c2ccccc2)cs1. The zero-order valence-corrected chi connectivity index (χ0v) is 14.3. The van der Waals surface area contributed by atoms with Crippen LogP contribution in [0.4, 0.5) is 5.13 Å². The van der Waals surface area contributed by atoms with Gasteiger partial charge in [0.2, 0.25) is 5.91 Å². The number of carbonyl (C=O) groups excluding carboxylic acids is 1. The topological polar surface area (TPSA) is 33.2 Å². The molecule has 2 aliphatic carbocycles. The zero-order chi connectivity index (χ0) is 16.5. The summed E-state index contributed by atoms with van der Waals surface area (Å²) in [5.74, 6) is 1.29. The second-order valence-corrected chi connectivity index (χ2v) is 7.34. The normalized spacial score (nSPS) is 24.2. The van der Waals surface area contributed by atoms with Crippen molar-refractivity contribution in [1.82, 2.24) is 4.98 Å². The Morgan fingerprint density at radius 2 is 2.12 bits per heavy atom. The van der Waals surface area contributed by atoms with Crippen molar-refractivity contribution in [2.45, 2.75) is 12.8 Å². The molecule has 1 aromatic carbocycles. The number of thiazole rings is 1. The third-order valence-electron chi connectivity index (χ3n) is 4.97. The van der Waals surface area contributed by atoms with E-state index in [2.05, 4.69) is 18.7 Å². The van der Waals surface area contributed by atoms with Crippen molar-refractivity contribution in [3.05, 3.63) is 60.5 Å². The van der Waals surface area contributed by atoms with Crippen LogP contribution in [0.5, 0.6) is 0 Å². The smallest absolute Gasteiger partial charge is 0.232 e. The quantitative estimate of drug-likeness (QED) is 0.751. The van der Waals surface area contributed by atoms with Gasteiger partial charge >= 0.3 is 0 Å². The Balaban J connectivity index is 1.59. The van der Waals surface area contributed by atoms with Crippen molar-refractivity contribution in [2.24, 2.45) is 17.8 Å². The fourth-order valence-electron chi connectivity index (χ4n) is 3.79. The van der Waals surface area contributed by atoms with Crippen LogP contribution < -0.4 is 4.90 Å². The minimum Gasteiger partial charge on any atom is -0.284 e. The molecule has 0 spiro atoms. The summed E-state index contributed by atoms with van der Waals surface area (Å²) in [7, 11) is 0. The van der Waals surface area contributed by atoms with E-state index >= 15 is 0 Å². The summed E-state index contributed by atoms with van der Waals surface area (Å²) in [6.45, 7) is 4.33. The lowest BCUT2D eigenvalue weighted by Gasteiger charge is -2.25. The molecule has 1 amide bonds. The van der Waals surface area contributed by atoms with E-state index in [1.165, 1.54) is 11.3 Å². The molecule has 1 saturated carbocycles. The Labute approximate surface area is 146 Å². The molecule has 2 aromatic rings. The number of rotatable bonds is 5. The predicted molar refractivity (Wildman–Crippen MR) is 98.9 cm³/mol. The summed E-state index contributed by atoms with van der Waals surface area (Å²) < 4.78 is 0. The maximum absolute atomic E-state index is 13.1. The van der Waals surface area contributed by atoms with Gasteiger partial charge in [-0.3, -0.25) is 9.69 Å². The molecule has 1 aromatic heterocycles. The molecule has 0 N–H and O–H groups in total. The molecule has 0 saturated heterocycles. The van der Waals surface area contributed by atoms with Crippen LogP contribution in [0.15, 0.2) is 60.5 Å². The second kappa shape index (κ2) is 6.36. The lowest BCUT2D eigenvalue weighted by Crippen LogP contribution is -2.38. The van der Waals surface area contributed by atoms with Gasteiger partial charge in [-0.15, -0.1) is 17.9 Å². The largest absolute Gasteiger partial charge is 0.284 e. The van der Waals surface area contributed by atoms with Gasteiger partial charge in [0.15, 0.2) is 5.13 Å². The highest BCUT2D eigenvalue weighted by molar-refractivity contribution is 7.14. The van der Waals surface area contributed by atoms with E-state index in [0.717, 1.165) is 29.2 Å². The fourth-order valence-corrected chi connectivity index (χ4v) is 4.63. The first kappa shape index (κ1) is 15.3. The van der Waals surface area contributed by atoms with Crippen molar-refractivity contribution in [3.8, 4) is 11.3 Å². The van der Waals surface area contributed by atoms with Gasteiger partial charge in [0.05, 0.1) is 5.69 Å². The highest BCUT2D eigenvalue weighted by Gasteiger charge is 2.42. The van der Waals surface area contributed by atoms with Crippen LogP contribution in [0.25, 0.3) is 11.3 Å². The molecule has 24 heavy (non-hydrogen) atoms. The zero-order valence-electron chi connectivity index (χ0n) is 13.5. The van der Waals surface area contributed by atoms with Gasteiger partial charge in [-0.05, 0) is 24.7 Å². The van der Waals surface area contributed by atoms with Crippen molar-refractivity contribution in [3.63, 3.8) is 0 Å². The van der Waals surface area contributed by atoms with Gasteiger partial charge in [-0.2, -0.15) is 0 Å². The lowest BCUT2D eigenvalue weighted by atomic mass is 9.92. The number of fused-ring (bicyclic) bond motifs is 2. The maximum atomic E-state index is 13.1. The highest BCUT2D eigenvalue weighted by atomic mass is 32.1. The number of benzene rings is 1. The first-order valence-corrected chi connectivity index (χ1v) is 9.26. The van der Waals surface area contributed by atoms with Crippen LogP contribution in [0, 0.1) is 17.8 Å². The monoisotopic (exact) mass is 336 g/mol. The summed E-state index contributed by atoms with van der Waals surface area (Å²) in [5.41, 5.74) is 2.00. The number of anilines is 1. The minimum atomic E-state index is 0.101. The number of hydrogen-bond donors (Lipinski definition) is 0. The molecule has 1 heterocycles. The van der Waals surface area contributed by atoms with Gasteiger partial charge < -0.3 is 0 Å². The number of aromatic nitrogens is 1. The van der Waals surface area contributed by atoms with Crippen LogP contribution in [-0.4, -0.2) is 17.4 Å². The molecular formula is C20H20N2OS. The van der Waals surface area contributed by atoms with Crippen molar-refractivity contribution < 1.29 is 4.79 Å². The summed E-state index contributed by atoms with van der Waals surface area (Å²) in [5, 5.41) is 2.79. The number of hydrogen-bond acceptors (Lipinski definition) is 3. The predicted octanol–water partition coefficient (Wildman–Crippen LogP) is 4.54. The first-order valence-electron chi connectivity index (χ1n) is 8.38. The van der Waals surface area contributed by atoms with E-state index in [1.807, 2.05) is 40.6 Å². The number of carbonyl (C=O) groups is 1. The molecule has 4 rings (SSSR count). The van der Waals surface area contributed by atoms with Crippen molar-refractivity contribution in [2.75, 3.05) is 11.4 Å². The standard InChI is InChI=1S/C20H20N2OS/c1-2-10-22(19(23)17-12-14-8-9-16(17)11-14)20-21-18(13-24-20)15-6-4-3-5-7-15/h2-9,13-14,16-17H,1,10-12H2/t14-,16-,17+/m0/s1. The van der Waals surface area contributed by atoms with Gasteiger partial charge in [0.25, 0.3) is 0 Å². The fraction of sp³-hybridized carbons (Fsp3) is 0.300. The number of amides is 1. The van der Waals surface area contributed by atoms with Gasteiger partial charge in [-0.1, -0.05) is 48.6 Å². The summed E-state index contributed by atoms with van der Waals surface area (Å²) in [6.07, 6.45) is 8.38. The van der Waals surface area contributed by atoms with Crippen molar-refractivity contribution >= 4 is 22.4 Å². The molecule has 3 atom stereocenters. The van der Waals surface area contributed by atoms with Crippen LogP contribution in [0.3, 0.4) is 0 Å².